The first-order valence-corrected chi connectivity index (χ1v) is 9.62. The molecule has 0 saturated carbocycles. The molecule has 1 aliphatic heterocycles. The minimum absolute atomic E-state index is 0.0635. The van der Waals surface area contributed by atoms with E-state index in [-0.39, 0.29) is 23.7 Å². The van der Waals surface area contributed by atoms with Gasteiger partial charge in [0.25, 0.3) is 0 Å². The number of aryl methyl sites for hydroxylation is 1. The van der Waals surface area contributed by atoms with Gasteiger partial charge in [-0.15, -0.1) is 0 Å². The highest BCUT2D eigenvalue weighted by molar-refractivity contribution is 5.81. The largest absolute Gasteiger partial charge is 0.383 e. The topological polar surface area (TPSA) is 72.3 Å². The maximum atomic E-state index is 13.5. The van der Waals surface area contributed by atoms with Crippen LogP contribution < -0.4 is 5.32 Å². The molecule has 1 fully saturated rings. The first-order valence-electron chi connectivity index (χ1n) is 9.62. The molecular formula is C21H24FN5O2. The van der Waals surface area contributed by atoms with Crippen molar-refractivity contribution in [1.82, 2.24) is 19.7 Å². The molecule has 1 aliphatic rings. The number of rotatable bonds is 7. The second-order valence-electron chi connectivity index (χ2n) is 7.35. The second kappa shape index (κ2) is 8.16. The highest BCUT2D eigenvalue weighted by Gasteiger charge is 2.40. The van der Waals surface area contributed by atoms with Gasteiger partial charge in [0.2, 0.25) is 5.91 Å². The zero-order chi connectivity index (χ0) is 20.4. The van der Waals surface area contributed by atoms with Gasteiger partial charge in [-0.05, 0) is 24.3 Å². The smallest absolute Gasteiger partial charge is 0.223 e. The van der Waals surface area contributed by atoms with E-state index in [0.717, 1.165) is 10.9 Å². The second-order valence-corrected chi connectivity index (χ2v) is 7.35. The lowest BCUT2D eigenvalue weighted by molar-refractivity contribution is -0.129. The van der Waals surface area contributed by atoms with E-state index in [4.69, 9.17) is 4.74 Å². The van der Waals surface area contributed by atoms with Crippen molar-refractivity contribution < 1.29 is 13.9 Å². The molecule has 1 saturated heterocycles. The number of hydrogen-bond donors (Lipinski definition) is 1. The lowest BCUT2D eigenvalue weighted by Crippen LogP contribution is -2.33. The summed E-state index contributed by atoms with van der Waals surface area (Å²) in [5.74, 6) is 0.523. The standard InChI is InChI=1S/C21H24FN5O2/c1-26-13-16(12-24-26)21-15(9-20(28)27(21)7-8-29-2)11-23-19-6-4-14-3-5-17(22)10-18(14)25-19/h3-6,10,12-13,15,21H,7-9,11H2,1-2H3,(H,23,25)/t15-,21+/m1/s1. The Bertz CT molecular complexity index is 1020. The van der Waals surface area contributed by atoms with E-state index in [9.17, 15) is 9.18 Å². The van der Waals surface area contributed by atoms with Crippen LogP contribution in [0.3, 0.4) is 0 Å². The molecule has 8 heteroatoms. The van der Waals surface area contributed by atoms with Gasteiger partial charge in [0.15, 0.2) is 0 Å². The Morgan fingerprint density at radius 2 is 2.14 bits per heavy atom. The number of anilines is 1. The highest BCUT2D eigenvalue weighted by Crippen LogP contribution is 2.38. The van der Waals surface area contributed by atoms with Crippen LogP contribution in [0, 0.1) is 11.7 Å². The summed E-state index contributed by atoms with van der Waals surface area (Å²) in [5, 5.41) is 8.49. The highest BCUT2D eigenvalue weighted by atomic mass is 19.1. The van der Waals surface area contributed by atoms with Crippen LogP contribution in [0.2, 0.25) is 0 Å². The number of ether oxygens (including phenoxy) is 1. The summed E-state index contributed by atoms with van der Waals surface area (Å²) < 4.78 is 20.4. The number of fused-ring (bicyclic) bond motifs is 1. The number of likely N-dealkylation sites (tertiary alicyclic amines) is 1. The van der Waals surface area contributed by atoms with Gasteiger partial charge in [0.05, 0.1) is 24.4 Å². The molecule has 7 nitrogen and oxygen atoms in total. The van der Waals surface area contributed by atoms with Crippen molar-refractivity contribution in [3.8, 4) is 0 Å². The fraction of sp³-hybridized carbons (Fsp3) is 0.381. The Kier molecular flexibility index (Phi) is 5.44. The molecule has 4 rings (SSSR count). The van der Waals surface area contributed by atoms with Crippen LogP contribution in [0.4, 0.5) is 10.2 Å². The average molecular weight is 397 g/mol. The summed E-state index contributed by atoms with van der Waals surface area (Å²) in [4.78, 5) is 19.0. The van der Waals surface area contributed by atoms with E-state index < -0.39 is 0 Å². The van der Waals surface area contributed by atoms with Crippen LogP contribution in [0.1, 0.15) is 18.0 Å². The minimum atomic E-state index is -0.311. The van der Waals surface area contributed by atoms with Crippen molar-refractivity contribution in [1.29, 1.82) is 0 Å². The molecule has 0 unspecified atom stereocenters. The third kappa shape index (κ3) is 4.07. The first kappa shape index (κ1) is 19.3. The van der Waals surface area contributed by atoms with Crippen molar-refractivity contribution in [3.05, 3.63) is 54.1 Å². The average Bonchev–Trinajstić information content (AvgIpc) is 3.26. The summed E-state index contributed by atoms with van der Waals surface area (Å²) in [7, 11) is 3.50. The Morgan fingerprint density at radius 3 is 2.90 bits per heavy atom. The third-order valence-electron chi connectivity index (χ3n) is 5.34. The number of nitrogens with zero attached hydrogens (tertiary/aromatic N) is 4. The monoisotopic (exact) mass is 397 g/mol. The van der Waals surface area contributed by atoms with Gasteiger partial charge in [0, 0.05) is 62.8 Å². The molecular weight excluding hydrogens is 373 g/mol. The number of aromatic nitrogens is 3. The Labute approximate surface area is 168 Å². The molecule has 0 radical (unpaired) electrons. The molecule has 3 heterocycles. The summed E-state index contributed by atoms with van der Waals surface area (Å²) >= 11 is 0. The van der Waals surface area contributed by atoms with E-state index >= 15 is 0 Å². The lowest BCUT2D eigenvalue weighted by atomic mass is 9.95. The maximum absolute atomic E-state index is 13.5. The zero-order valence-corrected chi connectivity index (χ0v) is 16.5. The van der Waals surface area contributed by atoms with Crippen molar-refractivity contribution >= 4 is 22.6 Å². The van der Waals surface area contributed by atoms with Gasteiger partial charge in [-0.25, -0.2) is 9.37 Å². The molecule has 29 heavy (non-hydrogen) atoms. The number of amides is 1. The summed E-state index contributed by atoms with van der Waals surface area (Å²) in [6, 6.07) is 8.27. The van der Waals surface area contributed by atoms with Crippen LogP contribution in [0.25, 0.3) is 10.9 Å². The number of hydrogen-bond acceptors (Lipinski definition) is 5. The van der Waals surface area contributed by atoms with Crippen molar-refractivity contribution in [3.63, 3.8) is 0 Å². The van der Waals surface area contributed by atoms with Crippen LogP contribution >= 0.6 is 0 Å². The molecule has 0 bridgehead atoms. The number of nitrogens with one attached hydrogen (secondary N) is 1. The number of carbonyl (C=O) groups excluding carboxylic acids is 1. The molecule has 1 amide bonds. The number of halogens is 1. The van der Waals surface area contributed by atoms with Gasteiger partial charge >= 0.3 is 0 Å². The van der Waals surface area contributed by atoms with Gasteiger partial charge in [-0.2, -0.15) is 5.10 Å². The van der Waals surface area contributed by atoms with Gasteiger partial charge in [-0.1, -0.05) is 0 Å². The number of methoxy groups -OCH3 is 1. The molecule has 1 aromatic carbocycles. The molecule has 0 aliphatic carbocycles. The van der Waals surface area contributed by atoms with E-state index in [1.807, 2.05) is 36.5 Å². The maximum Gasteiger partial charge on any atom is 0.223 e. The Balaban J connectivity index is 1.53. The minimum Gasteiger partial charge on any atom is -0.383 e. The molecule has 2 atom stereocenters. The van der Waals surface area contributed by atoms with Crippen LogP contribution in [0.15, 0.2) is 42.7 Å². The van der Waals surface area contributed by atoms with Crippen LogP contribution in [-0.2, 0) is 16.6 Å². The molecule has 152 valence electrons. The number of benzene rings is 1. The van der Waals surface area contributed by atoms with Crippen molar-refractivity contribution in [2.24, 2.45) is 13.0 Å². The van der Waals surface area contributed by atoms with Gasteiger partial charge in [0.1, 0.15) is 11.6 Å². The van der Waals surface area contributed by atoms with Crippen LogP contribution in [-0.4, -0.2) is 52.4 Å². The van der Waals surface area contributed by atoms with Gasteiger partial charge in [-0.3, -0.25) is 9.48 Å². The fourth-order valence-corrected chi connectivity index (χ4v) is 3.97. The molecule has 1 N–H and O–H groups in total. The predicted octanol–water partition coefficient (Wildman–Crippen LogP) is 2.76. The summed E-state index contributed by atoms with van der Waals surface area (Å²) in [6.45, 7) is 1.60. The first-order chi connectivity index (χ1) is 14.0. The fourth-order valence-electron chi connectivity index (χ4n) is 3.97. The predicted molar refractivity (Wildman–Crippen MR) is 108 cm³/mol. The van der Waals surface area contributed by atoms with E-state index in [0.29, 0.717) is 37.5 Å². The normalized spacial score (nSPS) is 19.3. The molecule has 2 aromatic heterocycles. The van der Waals surface area contributed by atoms with Crippen LogP contribution in [0.5, 0.6) is 0 Å². The Morgan fingerprint density at radius 1 is 1.31 bits per heavy atom. The number of pyridine rings is 1. The SMILES string of the molecule is COCCN1C(=O)C[C@H](CNc2ccc3ccc(F)cc3n2)[C@H]1c1cnn(C)c1. The third-order valence-corrected chi connectivity index (χ3v) is 5.34. The summed E-state index contributed by atoms with van der Waals surface area (Å²) in [5.41, 5.74) is 1.61. The molecule has 3 aromatic rings. The van der Waals surface area contributed by atoms with Gasteiger partial charge < -0.3 is 15.0 Å². The van der Waals surface area contributed by atoms with E-state index in [1.54, 1.807) is 17.9 Å². The molecule has 0 spiro atoms. The van der Waals surface area contributed by atoms with Crippen molar-refractivity contribution in [2.75, 3.05) is 32.1 Å². The van der Waals surface area contributed by atoms with E-state index in [1.165, 1.54) is 12.1 Å². The zero-order valence-electron chi connectivity index (χ0n) is 16.5. The summed E-state index contributed by atoms with van der Waals surface area (Å²) in [6.07, 6.45) is 4.21. The lowest BCUT2D eigenvalue weighted by Gasteiger charge is -2.27. The van der Waals surface area contributed by atoms with Crippen molar-refractivity contribution in [2.45, 2.75) is 12.5 Å². The number of carbonyl (C=O) groups is 1. The van der Waals surface area contributed by atoms with E-state index in [2.05, 4.69) is 15.4 Å². The quantitative estimate of drug-likeness (QED) is 0.664. The Hall–Kier alpha value is -3.00.